The van der Waals surface area contributed by atoms with Crippen LogP contribution in [0.5, 0.6) is 0 Å². The predicted octanol–water partition coefficient (Wildman–Crippen LogP) is 0.883. The summed E-state index contributed by atoms with van der Waals surface area (Å²) in [6.07, 6.45) is 5.75. The van der Waals surface area contributed by atoms with Crippen LogP contribution in [0.2, 0.25) is 0 Å². The Kier molecular flexibility index (Phi) is 4.57. The van der Waals surface area contributed by atoms with E-state index in [2.05, 4.69) is 11.3 Å². The predicted molar refractivity (Wildman–Crippen MR) is 57.2 cm³/mol. The van der Waals surface area contributed by atoms with Crippen molar-refractivity contribution in [3.8, 4) is 0 Å². The maximum Gasteiger partial charge on any atom is 0.279 e. The fourth-order valence-electron chi connectivity index (χ4n) is 1.54. The average Bonchev–Trinajstić information content (AvgIpc) is 2.43. The van der Waals surface area contributed by atoms with Gasteiger partial charge in [-0.25, -0.2) is 0 Å². The van der Waals surface area contributed by atoms with Gasteiger partial charge in [-0.2, -0.15) is 17.4 Å². The highest BCUT2D eigenvalue weighted by molar-refractivity contribution is 7.87. The maximum absolute atomic E-state index is 11.7. The lowest BCUT2D eigenvalue weighted by Crippen LogP contribution is -2.41. The molecule has 0 amide bonds. The van der Waals surface area contributed by atoms with Gasteiger partial charge in [-0.05, 0) is 12.8 Å². The summed E-state index contributed by atoms with van der Waals surface area (Å²) in [6.45, 7) is 5.08. The van der Waals surface area contributed by atoms with Crippen LogP contribution in [0, 0.1) is 0 Å². The van der Waals surface area contributed by atoms with Gasteiger partial charge in [-0.3, -0.25) is 0 Å². The van der Waals surface area contributed by atoms with E-state index in [1.807, 2.05) is 0 Å². The smallest absolute Gasteiger partial charge is 0.198 e. The Morgan fingerprint density at radius 1 is 1.21 bits per heavy atom. The lowest BCUT2D eigenvalue weighted by atomic mass is 10.2. The molecular weight excluding hydrogens is 200 g/mol. The standard InChI is InChI=1S/C9H18N2O2S/c1-2-7-10-14(12,13)11-8-5-3-4-6-9-11/h2,10H,1,3-9H2. The van der Waals surface area contributed by atoms with E-state index < -0.39 is 10.2 Å². The molecule has 1 fully saturated rings. The van der Waals surface area contributed by atoms with Gasteiger partial charge in [0, 0.05) is 19.6 Å². The molecule has 0 aliphatic carbocycles. The summed E-state index contributed by atoms with van der Waals surface area (Å²) in [5.74, 6) is 0. The van der Waals surface area contributed by atoms with E-state index in [-0.39, 0.29) is 0 Å². The van der Waals surface area contributed by atoms with Crippen LogP contribution in [0.3, 0.4) is 0 Å². The molecule has 0 radical (unpaired) electrons. The second kappa shape index (κ2) is 5.48. The number of rotatable bonds is 4. The van der Waals surface area contributed by atoms with Crippen molar-refractivity contribution in [2.24, 2.45) is 0 Å². The van der Waals surface area contributed by atoms with Gasteiger partial charge >= 0.3 is 0 Å². The normalized spacial score (nSPS) is 20.3. The van der Waals surface area contributed by atoms with E-state index in [4.69, 9.17) is 0 Å². The zero-order chi connectivity index (χ0) is 10.4. The second-order valence-electron chi connectivity index (χ2n) is 3.46. The van der Waals surface area contributed by atoms with Crippen molar-refractivity contribution in [1.82, 2.24) is 9.03 Å². The Morgan fingerprint density at radius 2 is 1.79 bits per heavy atom. The van der Waals surface area contributed by atoms with E-state index in [1.165, 1.54) is 4.31 Å². The third-order valence-corrected chi connectivity index (χ3v) is 3.89. The molecule has 0 aromatic rings. The minimum absolute atomic E-state index is 0.304. The van der Waals surface area contributed by atoms with Crippen LogP contribution >= 0.6 is 0 Å². The van der Waals surface area contributed by atoms with E-state index >= 15 is 0 Å². The monoisotopic (exact) mass is 218 g/mol. The molecule has 0 bridgehead atoms. The number of hydrogen-bond donors (Lipinski definition) is 1. The molecule has 1 rings (SSSR count). The van der Waals surface area contributed by atoms with Crippen LogP contribution in [0.1, 0.15) is 25.7 Å². The number of nitrogens with one attached hydrogen (secondary N) is 1. The van der Waals surface area contributed by atoms with E-state index in [1.54, 1.807) is 6.08 Å². The van der Waals surface area contributed by atoms with E-state index in [0.29, 0.717) is 19.6 Å². The Morgan fingerprint density at radius 3 is 2.29 bits per heavy atom. The molecule has 1 aliphatic heterocycles. The third kappa shape index (κ3) is 3.40. The Bertz CT molecular complexity index is 267. The molecule has 0 aromatic carbocycles. The molecular formula is C9H18N2O2S. The molecule has 0 unspecified atom stereocenters. The lowest BCUT2D eigenvalue weighted by Gasteiger charge is -2.19. The molecule has 1 N–H and O–H groups in total. The minimum Gasteiger partial charge on any atom is -0.198 e. The van der Waals surface area contributed by atoms with Gasteiger partial charge in [-0.1, -0.05) is 18.9 Å². The highest BCUT2D eigenvalue weighted by Gasteiger charge is 2.21. The third-order valence-electron chi connectivity index (χ3n) is 2.32. The first-order valence-electron chi connectivity index (χ1n) is 5.02. The Balaban J connectivity index is 2.55. The highest BCUT2D eigenvalue weighted by atomic mass is 32.2. The summed E-state index contributed by atoms with van der Waals surface area (Å²) in [7, 11) is -3.26. The Hall–Kier alpha value is -0.390. The van der Waals surface area contributed by atoms with Gasteiger partial charge in [0.1, 0.15) is 0 Å². The first kappa shape index (κ1) is 11.7. The van der Waals surface area contributed by atoms with Crippen molar-refractivity contribution >= 4 is 10.2 Å². The van der Waals surface area contributed by atoms with E-state index in [0.717, 1.165) is 25.7 Å². The number of hydrogen-bond acceptors (Lipinski definition) is 2. The molecule has 0 atom stereocenters. The molecule has 0 spiro atoms. The Labute approximate surface area is 86.2 Å². The van der Waals surface area contributed by atoms with Gasteiger partial charge in [0.25, 0.3) is 10.2 Å². The lowest BCUT2D eigenvalue weighted by molar-refractivity contribution is 0.416. The molecule has 82 valence electrons. The van der Waals surface area contributed by atoms with Crippen molar-refractivity contribution in [1.29, 1.82) is 0 Å². The van der Waals surface area contributed by atoms with Crippen LogP contribution in [-0.2, 0) is 10.2 Å². The average molecular weight is 218 g/mol. The molecule has 1 aliphatic rings. The fourth-order valence-corrected chi connectivity index (χ4v) is 2.79. The quantitative estimate of drug-likeness (QED) is 0.712. The molecule has 0 saturated carbocycles. The molecule has 14 heavy (non-hydrogen) atoms. The van der Waals surface area contributed by atoms with Crippen molar-refractivity contribution in [2.45, 2.75) is 25.7 Å². The topological polar surface area (TPSA) is 49.4 Å². The van der Waals surface area contributed by atoms with Crippen LogP contribution in [0.15, 0.2) is 12.7 Å². The van der Waals surface area contributed by atoms with Gasteiger partial charge in [0.05, 0.1) is 0 Å². The van der Waals surface area contributed by atoms with Crippen LogP contribution in [0.4, 0.5) is 0 Å². The van der Waals surface area contributed by atoms with Crippen molar-refractivity contribution in [3.05, 3.63) is 12.7 Å². The zero-order valence-corrected chi connectivity index (χ0v) is 9.22. The first-order valence-corrected chi connectivity index (χ1v) is 6.46. The minimum atomic E-state index is -3.26. The molecule has 5 heteroatoms. The van der Waals surface area contributed by atoms with Crippen molar-refractivity contribution < 1.29 is 8.42 Å². The van der Waals surface area contributed by atoms with Crippen LogP contribution in [0.25, 0.3) is 0 Å². The van der Waals surface area contributed by atoms with Gasteiger partial charge in [0.2, 0.25) is 0 Å². The summed E-state index contributed by atoms with van der Waals surface area (Å²) in [5.41, 5.74) is 0. The second-order valence-corrected chi connectivity index (χ2v) is 5.21. The summed E-state index contributed by atoms with van der Waals surface area (Å²) < 4.78 is 27.3. The van der Waals surface area contributed by atoms with Gasteiger partial charge in [0.15, 0.2) is 0 Å². The molecule has 0 aromatic heterocycles. The fraction of sp³-hybridized carbons (Fsp3) is 0.778. The van der Waals surface area contributed by atoms with Crippen LogP contribution < -0.4 is 4.72 Å². The maximum atomic E-state index is 11.7. The highest BCUT2D eigenvalue weighted by Crippen LogP contribution is 2.11. The van der Waals surface area contributed by atoms with Crippen molar-refractivity contribution in [3.63, 3.8) is 0 Å². The SMILES string of the molecule is C=CCNS(=O)(=O)N1CCCCCC1. The molecule has 1 heterocycles. The summed E-state index contributed by atoms with van der Waals surface area (Å²) >= 11 is 0. The van der Waals surface area contributed by atoms with E-state index in [9.17, 15) is 8.42 Å². The molecule has 1 saturated heterocycles. The van der Waals surface area contributed by atoms with Gasteiger partial charge in [-0.15, -0.1) is 6.58 Å². The van der Waals surface area contributed by atoms with Crippen molar-refractivity contribution in [2.75, 3.05) is 19.6 Å². The summed E-state index contributed by atoms with van der Waals surface area (Å²) in [4.78, 5) is 0. The first-order chi connectivity index (χ1) is 6.67. The summed E-state index contributed by atoms with van der Waals surface area (Å²) in [6, 6.07) is 0. The summed E-state index contributed by atoms with van der Waals surface area (Å²) in [5, 5.41) is 0. The largest absolute Gasteiger partial charge is 0.279 e. The zero-order valence-electron chi connectivity index (χ0n) is 8.41. The number of nitrogens with zero attached hydrogens (tertiary/aromatic N) is 1. The molecule has 4 nitrogen and oxygen atoms in total. The van der Waals surface area contributed by atoms with Gasteiger partial charge < -0.3 is 0 Å². The van der Waals surface area contributed by atoms with Crippen LogP contribution in [-0.4, -0.2) is 32.4 Å².